The van der Waals surface area contributed by atoms with E-state index < -0.39 is 15.9 Å². The molecule has 1 rings (SSSR count). The molecule has 0 aliphatic rings. The van der Waals surface area contributed by atoms with E-state index in [0.29, 0.717) is 0 Å². The van der Waals surface area contributed by atoms with Gasteiger partial charge in [0.2, 0.25) is 0 Å². The van der Waals surface area contributed by atoms with Crippen LogP contribution < -0.4 is 5.73 Å². The van der Waals surface area contributed by atoms with Gasteiger partial charge >= 0.3 is 0 Å². The van der Waals surface area contributed by atoms with E-state index in [1.807, 2.05) is 24.3 Å². The van der Waals surface area contributed by atoms with E-state index in [-0.39, 0.29) is 5.75 Å². The van der Waals surface area contributed by atoms with Crippen LogP contribution in [0.4, 0.5) is 0 Å². The largest absolute Gasteiger partial charge is 0.323 e. The molecule has 0 aliphatic heterocycles. The fraction of sp³-hybridized carbons (Fsp3) is 0.333. The highest BCUT2D eigenvalue weighted by atomic mass is 127. The lowest BCUT2D eigenvalue weighted by Gasteiger charge is -2.12. The van der Waals surface area contributed by atoms with Gasteiger partial charge in [-0.25, -0.2) is 8.42 Å². The molecule has 2 N–H and O–H groups in total. The molecule has 0 radical (unpaired) electrons. The molecule has 0 unspecified atom stereocenters. The monoisotopic (exact) mass is 325 g/mol. The zero-order valence-corrected chi connectivity index (χ0v) is 10.7. The summed E-state index contributed by atoms with van der Waals surface area (Å²) in [5.74, 6) is -0.00693. The van der Waals surface area contributed by atoms with Crippen LogP contribution in [0.25, 0.3) is 0 Å². The quantitative estimate of drug-likeness (QED) is 0.853. The van der Waals surface area contributed by atoms with Crippen LogP contribution in [-0.2, 0) is 9.84 Å². The SMILES string of the molecule is CS(=O)(=O)C[C@@H](N)c1ccccc1I. The van der Waals surface area contributed by atoms with Crippen molar-refractivity contribution in [3.05, 3.63) is 33.4 Å². The Bertz CT molecular complexity index is 417. The van der Waals surface area contributed by atoms with E-state index in [2.05, 4.69) is 22.6 Å². The van der Waals surface area contributed by atoms with E-state index >= 15 is 0 Å². The van der Waals surface area contributed by atoms with Crippen LogP contribution >= 0.6 is 22.6 Å². The summed E-state index contributed by atoms with van der Waals surface area (Å²) in [6, 6.07) is 7.10. The van der Waals surface area contributed by atoms with Crippen LogP contribution in [0.1, 0.15) is 11.6 Å². The predicted molar refractivity (Wildman–Crippen MR) is 65.8 cm³/mol. The lowest BCUT2D eigenvalue weighted by Crippen LogP contribution is -2.21. The summed E-state index contributed by atoms with van der Waals surface area (Å²) in [5, 5.41) is 0. The summed E-state index contributed by atoms with van der Waals surface area (Å²) in [4.78, 5) is 0. The molecule has 14 heavy (non-hydrogen) atoms. The molecule has 5 heteroatoms. The van der Waals surface area contributed by atoms with Crippen molar-refractivity contribution >= 4 is 32.4 Å². The first-order chi connectivity index (χ1) is 6.40. The van der Waals surface area contributed by atoms with Gasteiger partial charge in [-0.05, 0) is 34.2 Å². The smallest absolute Gasteiger partial charge is 0.149 e. The molecule has 0 fully saturated rings. The third kappa shape index (κ3) is 3.55. The molecule has 0 spiro atoms. The van der Waals surface area contributed by atoms with Gasteiger partial charge in [-0.1, -0.05) is 18.2 Å². The second kappa shape index (κ2) is 4.59. The van der Waals surface area contributed by atoms with Gasteiger partial charge in [0.05, 0.1) is 5.75 Å². The van der Waals surface area contributed by atoms with E-state index in [9.17, 15) is 8.42 Å². The molecule has 0 saturated carbocycles. The summed E-state index contributed by atoms with van der Waals surface area (Å²) in [5.41, 5.74) is 6.69. The number of nitrogens with two attached hydrogens (primary N) is 1. The van der Waals surface area contributed by atoms with Crippen LogP contribution in [0.15, 0.2) is 24.3 Å². The Kier molecular flexibility index (Phi) is 3.91. The molecular formula is C9H12INO2S. The summed E-state index contributed by atoms with van der Waals surface area (Å²) < 4.78 is 23.1. The molecule has 0 aromatic heterocycles. The van der Waals surface area contributed by atoms with Crippen molar-refractivity contribution in [2.75, 3.05) is 12.0 Å². The van der Waals surface area contributed by atoms with Crippen LogP contribution in [0.5, 0.6) is 0 Å². The van der Waals surface area contributed by atoms with Gasteiger partial charge in [-0.3, -0.25) is 0 Å². The summed E-state index contributed by atoms with van der Waals surface area (Å²) in [6.07, 6.45) is 1.20. The third-order valence-corrected chi connectivity index (χ3v) is 3.73. The Morgan fingerprint density at radius 1 is 1.43 bits per heavy atom. The first kappa shape index (κ1) is 11.9. The summed E-state index contributed by atoms with van der Waals surface area (Å²) >= 11 is 2.15. The van der Waals surface area contributed by atoms with Crippen LogP contribution in [0, 0.1) is 3.57 Å². The van der Waals surface area contributed by atoms with Crippen molar-refractivity contribution in [3.63, 3.8) is 0 Å². The van der Waals surface area contributed by atoms with Gasteiger partial charge < -0.3 is 5.73 Å². The van der Waals surface area contributed by atoms with Crippen LogP contribution in [0.3, 0.4) is 0 Å². The maximum atomic E-state index is 11.0. The third-order valence-electron chi connectivity index (χ3n) is 1.79. The zero-order valence-electron chi connectivity index (χ0n) is 7.77. The molecule has 1 atom stereocenters. The first-order valence-corrected chi connectivity index (χ1v) is 7.22. The molecule has 0 amide bonds. The van der Waals surface area contributed by atoms with Gasteiger partial charge in [-0.2, -0.15) is 0 Å². The van der Waals surface area contributed by atoms with Crippen molar-refractivity contribution in [2.45, 2.75) is 6.04 Å². The molecule has 1 aromatic rings. The van der Waals surface area contributed by atoms with E-state index in [1.165, 1.54) is 6.26 Å². The standard InChI is InChI=1S/C9H12INO2S/c1-14(12,13)6-9(11)7-4-2-3-5-8(7)10/h2-5,9H,6,11H2,1H3/t9-/m1/s1. The molecular weight excluding hydrogens is 313 g/mol. The molecule has 0 bridgehead atoms. The number of rotatable bonds is 3. The van der Waals surface area contributed by atoms with Gasteiger partial charge in [-0.15, -0.1) is 0 Å². The Morgan fingerprint density at radius 3 is 2.50 bits per heavy atom. The molecule has 0 aliphatic carbocycles. The second-order valence-electron chi connectivity index (χ2n) is 3.22. The zero-order chi connectivity index (χ0) is 10.8. The Morgan fingerprint density at radius 2 is 2.00 bits per heavy atom. The van der Waals surface area contributed by atoms with E-state index in [0.717, 1.165) is 9.13 Å². The number of hydrogen-bond donors (Lipinski definition) is 1. The van der Waals surface area contributed by atoms with Crippen LogP contribution in [0.2, 0.25) is 0 Å². The minimum atomic E-state index is -3.02. The van der Waals surface area contributed by atoms with E-state index in [4.69, 9.17) is 5.73 Å². The Hall–Kier alpha value is -0.140. The van der Waals surface area contributed by atoms with Crippen molar-refractivity contribution < 1.29 is 8.42 Å². The Labute approximate surface area is 97.8 Å². The van der Waals surface area contributed by atoms with Gasteiger partial charge in [0.15, 0.2) is 0 Å². The topological polar surface area (TPSA) is 60.2 Å². The van der Waals surface area contributed by atoms with Gasteiger partial charge in [0, 0.05) is 15.9 Å². The second-order valence-corrected chi connectivity index (χ2v) is 6.57. The highest BCUT2D eigenvalue weighted by Gasteiger charge is 2.14. The lowest BCUT2D eigenvalue weighted by molar-refractivity contribution is 0.594. The van der Waals surface area contributed by atoms with E-state index in [1.54, 1.807) is 0 Å². The summed E-state index contributed by atoms with van der Waals surface area (Å²) in [7, 11) is -3.02. The fourth-order valence-electron chi connectivity index (χ4n) is 1.19. The minimum absolute atomic E-state index is 0.00693. The molecule has 1 aromatic carbocycles. The van der Waals surface area contributed by atoms with Gasteiger partial charge in [0.1, 0.15) is 9.84 Å². The maximum absolute atomic E-state index is 11.0. The highest BCUT2D eigenvalue weighted by molar-refractivity contribution is 14.1. The predicted octanol–water partition coefficient (Wildman–Crippen LogP) is 1.34. The minimum Gasteiger partial charge on any atom is -0.323 e. The summed E-state index contributed by atoms with van der Waals surface area (Å²) in [6.45, 7) is 0. The molecule has 0 heterocycles. The number of hydrogen-bond acceptors (Lipinski definition) is 3. The highest BCUT2D eigenvalue weighted by Crippen LogP contribution is 2.18. The number of halogens is 1. The average molecular weight is 325 g/mol. The number of sulfone groups is 1. The normalized spacial score (nSPS) is 13.9. The average Bonchev–Trinajstić information content (AvgIpc) is 2.01. The molecule has 0 saturated heterocycles. The Balaban J connectivity index is 2.90. The van der Waals surface area contributed by atoms with Crippen molar-refractivity contribution in [2.24, 2.45) is 5.73 Å². The lowest BCUT2D eigenvalue weighted by atomic mass is 10.1. The number of benzene rings is 1. The fourth-order valence-corrected chi connectivity index (χ4v) is 2.81. The molecule has 78 valence electrons. The maximum Gasteiger partial charge on any atom is 0.149 e. The molecule has 3 nitrogen and oxygen atoms in total. The first-order valence-electron chi connectivity index (χ1n) is 4.08. The van der Waals surface area contributed by atoms with Crippen molar-refractivity contribution in [3.8, 4) is 0 Å². The van der Waals surface area contributed by atoms with Crippen molar-refractivity contribution in [1.82, 2.24) is 0 Å². The van der Waals surface area contributed by atoms with Gasteiger partial charge in [0.25, 0.3) is 0 Å². The van der Waals surface area contributed by atoms with Crippen molar-refractivity contribution in [1.29, 1.82) is 0 Å². The van der Waals surface area contributed by atoms with Crippen LogP contribution in [-0.4, -0.2) is 20.4 Å².